The van der Waals surface area contributed by atoms with Crippen molar-refractivity contribution < 1.29 is 4.79 Å². The van der Waals surface area contributed by atoms with Crippen molar-refractivity contribution in [1.82, 2.24) is 24.4 Å². The average Bonchev–Trinajstić information content (AvgIpc) is 3.26. The van der Waals surface area contributed by atoms with Crippen molar-refractivity contribution in [2.75, 3.05) is 13.1 Å². The Morgan fingerprint density at radius 1 is 1.25 bits per heavy atom. The van der Waals surface area contributed by atoms with Crippen LogP contribution in [0.5, 0.6) is 0 Å². The molecule has 3 aromatic rings. The van der Waals surface area contributed by atoms with E-state index in [1.807, 2.05) is 17.0 Å². The summed E-state index contributed by atoms with van der Waals surface area (Å²) in [7, 11) is 0. The molecule has 1 fully saturated rings. The zero-order valence-corrected chi connectivity index (χ0v) is 13.6. The Labute approximate surface area is 140 Å². The van der Waals surface area contributed by atoms with E-state index in [0.29, 0.717) is 12.1 Å². The molecule has 1 atom stereocenters. The van der Waals surface area contributed by atoms with Crippen LogP contribution in [0.15, 0.2) is 42.9 Å². The fourth-order valence-electron chi connectivity index (χ4n) is 3.43. The molecule has 1 unspecified atom stereocenters. The molecule has 0 N–H and O–H groups in total. The lowest BCUT2D eigenvalue weighted by atomic mass is 10.1. The predicted molar refractivity (Wildman–Crippen MR) is 90.7 cm³/mol. The van der Waals surface area contributed by atoms with Gasteiger partial charge in [-0.05, 0) is 37.6 Å². The van der Waals surface area contributed by atoms with Gasteiger partial charge in [0.25, 0.3) is 5.91 Å². The van der Waals surface area contributed by atoms with E-state index in [1.165, 1.54) is 0 Å². The SMILES string of the molecule is CCn1c(C2CCN(C(=O)c3ccncc3)C2)nc2cccnc21. The summed E-state index contributed by atoms with van der Waals surface area (Å²) in [5.41, 5.74) is 2.54. The maximum absolute atomic E-state index is 12.6. The highest BCUT2D eigenvalue weighted by atomic mass is 16.2. The highest BCUT2D eigenvalue weighted by Crippen LogP contribution is 2.29. The van der Waals surface area contributed by atoms with Gasteiger partial charge < -0.3 is 9.47 Å². The molecule has 0 radical (unpaired) electrons. The van der Waals surface area contributed by atoms with Crippen molar-refractivity contribution in [3.05, 3.63) is 54.2 Å². The van der Waals surface area contributed by atoms with Crippen molar-refractivity contribution in [1.29, 1.82) is 0 Å². The third-order valence-electron chi connectivity index (χ3n) is 4.62. The molecule has 0 bridgehead atoms. The van der Waals surface area contributed by atoms with Gasteiger partial charge in [-0.1, -0.05) is 0 Å². The van der Waals surface area contributed by atoms with Gasteiger partial charge in [0, 0.05) is 49.7 Å². The number of carbonyl (C=O) groups excluding carboxylic acids is 1. The largest absolute Gasteiger partial charge is 0.338 e. The van der Waals surface area contributed by atoms with Gasteiger partial charge in [0.2, 0.25) is 0 Å². The minimum Gasteiger partial charge on any atom is -0.338 e. The molecule has 0 spiro atoms. The van der Waals surface area contributed by atoms with Crippen LogP contribution in [0.1, 0.15) is 35.4 Å². The summed E-state index contributed by atoms with van der Waals surface area (Å²) in [6, 6.07) is 7.43. The molecule has 1 aliphatic heterocycles. The smallest absolute Gasteiger partial charge is 0.253 e. The van der Waals surface area contributed by atoms with Crippen LogP contribution >= 0.6 is 0 Å². The van der Waals surface area contributed by atoms with Crippen molar-refractivity contribution in [2.45, 2.75) is 25.8 Å². The Balaban J connectivity index is 1.60. The van der Waals surface area contributed by atoms with Crippen molar-refractivity contribution in [3.63, 3.8) is 0 Å². The number of carbonyl (C=O) groups is 1. The fraction of sp³-hybridized carbons (Fsp3) is 0.333. The van der Waals surface area contributed by atoms with Gasteiger partial charge in [-0.2, -0.15) is 0 Å². The van der Waals surface area contributed by atoms with E-state index in [1.54, 1.807) is 30.7 Å². The lowest BCUT2D eigenvalue weighted by Crippen LogP contribution is -2.28. The van der Waals surface area contributed by atoms with Crippen LogP contribution in [0.25, 0.3) is 11.2 Å². The second kappa shape index (κ2) is 6.03. The van der Waals surface area contributed by atoms with Crippen LogP contribution in [0.3, 0.4) is 0 Å². The van der Waals surface area contributed by atoms with E-state index in [4.69, 9.17) is 4.98 Å². The topological polar surface area (TPSA) is 63.9 Å². The van der Waals surface area contributed by atoms with Crippen molar-refractivity contribution in [2.24, 2.45) is 0 Å². The standard InChI is InChI=1S/C18H19N5O/c1-2-23-16(21-15-4-3-8-20-17(15)23)14-7-11-22(12-14)18(24)13-5-9-19-10-6-13/h3-6,8-10,14H,2,7,11-12H2,1H3. The van der Waals surface area contributed by atoms with E-state index in [2.05, 4.69) is 21.5 Å². The van der Waals surface area contributed by atoms with Gasteiger partial charge in [0.1, 0.15) is 11.3 Å². The number of nitrogens with zero attached hydrogens (tertiary/aromatic N) is 5. The summed E-state index contributed by atoms with van der Waals surface area (Å²) in [6.07, 6.45) is 6.04. The molecular weight excluding hydrogens is 302 g/mol. The second-order valence-corrected chi connectivity index (χ2v) is 6.03. The first kappa shape index (κ1) is 14.8. The molecule has 6 heteroatoms. The van der Waals surface area contributed by atoms with Gasteiger partial charge >= 0.3 is 0 Å². The Morgan fingerprint density at radius 3 is 2.88 bits per heavy atom. The quantitative estimate of drug-likeness (QED) is 0.743. The number of hydrogen-bond donors (Lipinski definition) is 0. The van der Waals surface area contributed by atoms with Gasteiger partial charge in [0.05, 0.1) is 0 Å². The van der Waals surface area contributed by atoms with E-state index in [9.17, 15) is 4.79 Å². The van der Waals surface area contributed by atoms with Crippen LogP contribution < -0.4 is 0 Å². The third-order valence-corrected chi connectivity index (χ3v) is 4.62. The Hall–Kier alpha value is -2.76. The highest BCUT2D eigenvalue weighted by molar-refractivity contribution is 5.94. The number of amides is 1. The monoisotopic (exact) mass is 321 g/mol. The highest BCUT2D eigenvalue weighted by Gasteiger charge is 2.31. The van der Waals surface area contributed by atoms with Crippen LogP contribution in [-0.2, 0) is 6.54 Å². The molecule has 1 amide bonds. The molecule has 0 aromatic carbocycles. The second-order valence-electron chi connectivity index (χ2n) is 6.03. The summed E-state index contributed by atoms with van der Waals surface area (Å²) >= 11 is 0. The maximum Gasteiger partial charge on any atom is 0.253 e. The number of aryl methyl sites for hydroxylation is 1. The van der Waals surface area contributed by atoms with Crippen LogP contribution in [0.4, 0.5) is 0 Å². The summed E-state index contributed by atoms with van der Waals surface area (Å²) in [4.78, 5) is 27.7. The zero-order chi connectivity index (χ0) is 16.5. The number of imidazole rings is 1. The van der Waals surface area contributed by atoms with Gasteiger partial charge in [-0.3, -0.25) is 9.78 Å². The van der Waals surface area contributed by atoms with Gasteiger partial charge in [-0.25, -0.2) is 9.97 Å². The predicted octanol–water partition coefficient (Wildman–Crippen LogP) is 2.48. The van der Waals surface area contributed by atoms with Crippen molar-refractivity contribution in [3.8, 4) is 0 Å². The van der Waals surface area contributed by atoms with Gasteiger partial charge in [0.15, 0.2) is 5.65 Å². The number of rotatable bonds is 3. The Kier molecular flexibility index (Phi) is 3.72. The minimum atomic E-state index is 0.0668. The molecule has 4 rings (SSSR count). The van der Waals surface area contributed by atoms with Crippen LogP contribution in [-0.4, -0.2) is 43.4 Å². The first-order chi connectivity index (χ1) is 11.8. The third kappa shape index (κ3) is 2.44. The van der Waals surface area contributed by atoms with E-state index < -0.39 is 0 Å². The average molecular weight is 321 g/mol. The normalized spacial score (nSPS) is 17.5. The summed E-state index contributed by atoms with van der Waals surface area (Å²) in [5.74, 6) is 1.36. The van der Waals surface area contributed by atoms with Gasteiger partial charge in [-0.15, -0.1) is 0 Å². The molecule has 0 saturated carbocycles. The maximum atomic E-state index is 12.6. The molecule has 1 aliphatic rings. The van der Waals surface area contributed by atoms with Crippen LogP contribution in [0, 0.1) is 0 Å². The summed E-state index contributed by atoms with van der Waals surface area (Å²) in [6.45, 7) is 4.39. The number of hydrogen-bond acceptors (Lipinski definition) is 4. The summed E-state index contributed by atoms with van der Waals surface area (Å²) in [5, 5.41) is 0. The minimum absolute atomic E-state index is 0.0668. The Morgan fingerprint density at radius 2 is 2.08 bits per heavy atom. The molecule has 0 aliphatic carbocycles. The molecule has 1 saturated heterocycles. The number of aromatic nitrogens is 4. The molecular formula is C18H19N5O. The van der Waals surface area contributed by atoms with Crippen molar-refractivity contribution >= 4 is 17.1 Å². The molecule has 4 heterocycles. The van der Waals surface area contributed by atoms with E-state index in [0.717, 1.165) is 36.5 Å². The first-order valence-electron chi connectivity index (χ1n) is 8.28. The first-order valence-corrected chi connectivity index (χ1v) is 8.28. The number of fused-ring (bicyclic) bond motifs is 1. The number of likely N-dealkylation sites (tertiary alicyclic amines) is 1. The fourth-order valence-corrected chi connectivity index (χ4v) is 3.43. The molecule has 6 nitrogen and oxygen atoms in total. The lowest BCUT2D eigenvalue weighted by molar-refractivity contribution is 0.0790. The number of pyridine rings is 2. The lowest BCUT2D eigenvalue weighted by Gasteiger charge is -2.16. The van der Waals surface area contributed by atoms with E-state index >= 15 is 0 Å². The zero-order valence-electron chi connectivity index (χ0n) is 13.6. The van der Waals surface area contributed by atoms with E-state index in [-0.39, 0.29) is 11.8 Å². The summed E-state index contributed by atoms with van der Waals surface area (Å²) < 4.78 is 2.17. The molecule has 122 valence electrons. The van der Waals surface area contributed by atoms with Crippen LogP contribution in [0.2, 0.25) is 0 Å². The molecule has 3 aromatic heterocycles. The Bertz CT molecular complexity index is 874. The molecule has 24 heavy (non-hydrogen) atoms.